The lowest BCUT2D eigenvalue weighted by Crippen LogP contribution is -2.27. The van der Waals surface area contributed by atoms with Gasteiger partial charge in [0.15, 0.2) is 0 Å². The fourth-order valence-electron chi connectivity index (χ4n) is 3.03. The predicted octanol–water partition coefficient (Wildman–Crippen LogP) is 3.58. The average Bonchev–Trinajstić information content (AvgIpc) is 3.13. The molecule has 1 amide bonds. The molecule has 2 aromatic heterocycles. The van der Waals surface area contributed by atoms with Crippen LogP contribution < -0.4 is 5.73 Å². The van der Waals surface area contributed by atoms with Gasteiger partial charge in [-0.15, -0.1) is 11.3 Å². The lowest BCUT2D eigenvalue weighted by Gasteiger charge is -2.13. The number of thiophene rings is 1. The number of hydrogen-bond donors (Lipinski definition) is 1. The SMILES string of the molecule is Cc1ccc2cc3c(N)c(C(=O)N4CCCC4)sc3nc2c1. The van der Waals surface area contributed by atoms with E-state index in [1.165, 1.54) is 16.9 Å². The molecule has 0 saturated carbocycles. The summed E-state index contributed by atoms with van der Waals surface area (Å²) in [6, 6.07) is 8.22. The Kier molecular flexibility index (Phi) is 3.04. The first-order valence-electron chi connectivity index (χ1n) is 7.52. The Balaban J connectivity index is 1.88. The molecule has 0 spiro atoms. The number of carbonyl (C=O) groups is 1. The summed E-state index contributed by atoms with van der Waals surface area (Å²) >= 11 is 1.41. The Labute approximate surface area is 132 Å². The van der Waals surface area contributed by atoms with Crippen LogP contribution in [-0.4, -0.2) is 28.9 Å². The normalized spacial score (nSPS) is 15.0. The van der Waals surface area contributed by atoms with Gasteiger partial charge in [-0.1, -0.05) is 12.1 Å². The molecule has 0 atom stereocenters. The Morgan fingerprint density at radius 3 is 2.82 bits per heavy atom. The molecule has 0 radical (unpaired) electrons. The highest BCUT2D eigenvalue weighted by Crippen LogP contribution is 2.35. The molecule has 112 valence electrons. The van der Waals surface area contributed by atoms with Gasteiger partial charge in [-0.05, 0) is 37.5 Å². The molecule has 2 N–H and O–H groups in total. The van der Waals surface area contributed by atoms with Crippen LogP contribution in [0.4, 0.5) is 5.69 Å². The number of fused-ring (bicyclic) bond motifs is 2. The Hall–Kier alpha value is -2.14. The Bertz CT molecular complexity index is 894. The van der Waals surface area contributed by atoms with Crippen molar-refractivity contribution in [3.05, 3.63) is 34.7 Å². The van der Waals surface area contributed by atoms with Gasteiger partial charge in [0, 0.05) is 23.9 Å². The van der Waals surface area contributed by atoms with E-state index in [4.69, 9.17) is 10.7 Å². The molecule has 22 heavy (non-hydrogen) atoms. The highest BCUT2D eigenvalue weighted by atomic mass is 32.1. The third kappa shape index (κ3) is 2.04. The molecule has 1 aromatic carbocycles. The third-order valence-electron chi connectivity index (χ3n) is 4.26. The molecule has 0 bridgehead atoms. The molecule has 0 aliphatic carbocycles. The topological polar surface area (TPSA) is 59.2 Å². The fourth-order valence-corrected chi connectivity index (χ4v) is 4.08. The minimum atomic E-state index is 0.0539. The number of nitrogens with zero attached hydrogens (tertiary/aromatic N) is 2. The van der Waals surface area contributed by atoms with Crippen LogP contribution in [0, 0.1) is 6.92 Å². The number of aryl methyl sites for hydroxylation is 1. The number of nitrogens with two attached hydrogens (primary N) is 1. The smallest absolute Gasteiger partial charge is 0.266 e. The monoisotopic (exact) mass is 311 g/mol. The van der Waals surface area contributed by atoms with Gasteiger partial charge in [0.05, 0.1) is 11.2 Å². The number of amides is 1. The Morgan fingerprint density at radius 1 is 1.27 bits per heavy atom. The number of pyridine rings is 1. The van der Waals surface area contributed by atoms with Crippen LogP contribution in [0.25, 0.3) is 21.1 Å². The second kappa shape index (κ2) is 4.95. The zero-order valence-corrected chi connectivity index (χ0v) is 13.2. The van der Waals surface area contributed by atoms with E-state index < -0.39 is 0 Å². The minimum Gasteiger partial charge on any atom is -0.397 e. The molecule has 4 rings (SSSR count). The van der Waals surface area contributed by atoms with Gasteiger partial charge < -0.3 is 10.6 Å². The number of nitrogen functional groups attached to an aromatic ring is 1. The van der Waals surface area contributed by atoms with E-state index in [-0.39, 0.29) is 5.91 Å². The second-order valence-corrected chi connectivity index (χ2v) is 6.88. The van der Waals surface area contributed by atoms with Gasteiger partial charge in [0.2, 0.25) is 0 Å². The number of carbonyl (C=O) groups excluding carboxylic acids is 1. The van der Waals surface area contributed by atoms with Crippen molar-refractivity contribution in [1.82, 2.24) is 9.88 Å². The van der Waals surface area contributed by atoms with Crippen molar-refractivity contribution in [3.8, 4) is 0 Å². The quantitative estimate of drug-likeness (QED) is 0.747. The zero-order chi connectivity index (χ0) is 15.3. The van der Waals surface area contributed by atoms with Crippen LogP contribution in [0.5, 0.6) is 0 Å². The van der Waals surface area contributed by atoms with E-state index in [1.54, 1.807) is 0 Å². The van der Waals surface area contributed by atoms with Gasteiger partial charge in [-0.3, -0.25) is 4.79 Å². The van der Waals surface area contributed by atoms with Gasteiger partial charge in [-0.25, -0.2) is 4.98 Å². The highest BCUT2D eigenvalue weighted by Gasteiger charge is 2.24. The first kappa shape index (κ1) is 13.5. The molecule has 3 aromatic rings. The van der Waals surface area contributed by atoms with Crippen LogP contribution in [0.15, 0.2) is 24.3 Å². The number of hydrogen-bond acceptors (Lipinski definition) is 4. The Morgan fingerprint density at radius 2 is 2.05 bits per heavy atom. The summed E-state index contributed by atoms with van der Waals surface area (Å²) in [4.78, 5) is 20.7. The largest absolute Gasteiger partial charge is 0.397 e. The van der Waals surface area contributed by atoms with Gasteiger partial charge >= 0.3 is 0 Å². The fraction of sp³-hybridized carbons (Fsp3) is 0.294. The number of anilines is 1. The lowest BCUT2D eigenvalue weighted by atomic mass is 10.1. The van der Waals surface area contributed by atoms with E-state index in [0.717, 1.165) is 47.1 Å². The number of benzene rings is 1. The van der Waals surface area contributed by atoms with Gasteiger partial charge in [0.25, 0.3) is 5.91 Å². The summed E-state index contributed by atoms with van der Waals surface area (Å²) in [5.41, 5.74) is 8.96. The molecule has 1 aliphatic rings. The minimum absolute atomic E-state index is 0.0539. The highest BCUT2D eigenvalue weighted by molar-refractivity contribution is 7.21. The molecule has 1 saturated heterocycles. The van der Waals surface area contributed by atoms with Crippen molar-refractivity contribution in [2.45, 2.75) is 19.8 Å². The molecule has 0 unspecified atom stereocenters. The van der Waals surface area contributed by atoms with Crippen molar-refractivity contribution in [1.29, 1.82) is 0 Å². The molecule has 1 fully saturated rings. The van der Waals surface area contributed by atoms with Crippen LogP contribution in [0.2, 0.25) is 0 Å². The van der Waals surface area contributed by atoms with E-state index >= 15 is 0 Å². The van der Waals surface area contributed by atoms with E-state index in [0.29, 0.717) is 10.6 Å². The van der Waals surface area contributed by atoms with Crippen molar-refractivity contribution in [2.75, 3.05) is 18.8 Å². The van der Waals surface area contributed by atoms with Crippen molar-refractivity contribution < 1.29 is 4.79 Å². The van der Waals surface area contributed by atoms with Crippen molar-refractivity contribution in [2.24, 2.45) is 0 Å². The first-order valence-corrected chi connectivity index (χ1v) is 8.34. The third-order valence-corrected chi connectivity index (χ3v) is 5.36. The van der Waals surface area contributed by atoms with E-state index in [9.17, 15) is 4.79 Å². The molecule has 3 heterocycles. The number of rotatable bonds is 1. The van der Waals surface area contributed by atoms with Crippen molar-refractivity contribution in [3.63, 3.8) is 0 Å². The van der Waals surface area contributed by atoms with Crippen LogP contribution in [-0.2, 0) is 0 Å². The van der Waals surface area contributed by atoms with E-state index in [2.05, 4.69) is 25.1 Å². The lowest BCUT2D eigenvalue weighted by molar-refractivity contribution is 0.0798. The molecular formula is C17H17N3OS. The summed E-state index contributed by atoms with van der Waals surface area (Å²) in [6.45, 7) is 3.72. The zero-order valence-electron chi connectivity index (χ0n) is 12.4. The van der Waals surface area contributed by atoms with E-state index in [1.807, 2.05) is 11.0 Å². The maximum absolute atomic E-state index is 12.6. The predicted molar refractivity (Wildman–Crippen MR) is 91.4 cm³/mol. The second-order valence-electron chi connectivity index (χ2n) is 5.88. The average molecular weight is 311 g/mol. The molecule has 4 nitrogen and oxygen atoms in total. The molecule has 5 heteroatoms. The van der Waals surface area contributed by atoms with Gasteiger partial charge in [-0.2, -0.15) is 0 Å². The standard InChI is InChI=1S/C17H17N3OS/c1-10-4-5-11-9-12-14(18)15(17(21)20-6-2-3-7-20)22-16(12)19-13(11)8-10/h4-5,8-9H,2-3,6-7,18H2,1H3. The first-order chi connectivity index (χ1) is 10.6. The number of likely N-dealkylation sites (tertiary alicyclic amines) is 1. The maximum Gasteiger partial charge on any atom is 0.266 e. The van der Waals surface area contributed by atoms with Gasteiger partial charge in [0.1, 0.15) is 9.71 Å². The molecule has 1 aliphatic heterocycles. The maximum atomic E-state index is 12.6. The summed E-state index contributed by atoms with van der Waals surface area (Å²) < 4.78 is 0. The van der Waals surface area contributed by atoms with Crippen molar-refractivity contribution >= 4 is 44.1 Å². The number of aromatic nitrogens is 1. The van der Waals surface area contributed by atoms with Crippen LogP contribution in [0.3, 0.4) is 0 Å². The summed E-state index contributed by atoms with van der Waals surface area (Å²) in [5.74, 6) is 0.0539. The van der Waals surface area contributed by atoms with Crippen LogP contribution >= 0.6 is 11.3 Å². The summed E-state index contributed by atoms with van der Waals surface area (Å²) in [5, 5.41) is 1.95. The summed E-state index contributed by atoms with van der Waals surface area (Å²) in [6.07, 6.45) is 2.16. The summed E-state index contributed by atoms with van der Waals surface area (Å²) in [7, 11) is 0. The molecular weight excluding hydrogens is 294 g/mol. The van der Waals surface area contributed by atoms with Crippen LogP contribution in [0.1, 0.15) is 28.1 Å².